The Morgan fingerprint density at radius 2 is 2.20 bits per heavy atom. The second kappa shape index (κ2) is 4.02. The van der Waals surface area contributed by atoms with Gasteiger partial charge in [-0.25, -0.2) is 8.78 Å². The van der Waals surface area contributed by atoms with E-state index in [1.54, 1.807) is 0 Å². The average molecular weight is 226 g/mol. The van der Waals surface area contributed by atoms with Gasteiger partial charge >= 0.3 is 0 Å². The van der Waals surface area contributed by atoms with Gasteiger partial charge in [-0.2, -0.15) is 0 Å². The zero-order valence-corrected chi connectivity index (χ0v) is 8.57. The number of rotatable bonds is 1. The van der Waals surface area contributed by atoms with E-state index >= 15 is 0 Å². The van der Waals surface area contributed by atoms with Crippen molar-refractivity contribution in [1.29, 1.82) is 0 Å². The molecule has 0 saturated heterocycles. The van der Waals surface area contributed by atoms with Gasteiger partial charge < -0.3 is 5.32 Å². The Balaban J connectivity index is 2.14. The predicted octanol–water partition coefficient (Wildman–Crippen LogP) is 2.99. The van der Waals surface area contributed by atoms with Crippen molar-refractivity contribution in [2.45, 2.75) is 0 Å². The molecular weight excluding hydrogens is 218 g/mol. The number of benzene rings is 1. The molecule has 0 aromatic heterocycles. The third kappa shape index (κ3) is 2.36. The van der Waals surface area contributed by atoms with E-state index in [1.807, 2.05) is 0 Å². The molecule has 1 heterocycles. The normalized spacial score (nSPS) is 15.3. The molecule has 78 valence electrons. The minimum absolute atomic E-state index is 0.220. The molecular formula is C10H8F2N2S. The molecule has 0 atom stereocenters. The molecule has 0 aliphatic carbocycles. The van der Waals surface area contributed by atoms with Crippen molar-refractivity contribution in [3.05, 3.63) is 41.3 Å². The lowest BCUT2D eigenvalue weighted by Crippen LogP contribution is -2.06. The van der Waals surface area contributed by atoms with Gasteiger partial charge in [0.15, 0.2) is 5.17 Å². The van der Waals surface area contributed by atoms with Gasteiger partial charge in [0.2, 0.25) is 0 Å². The van der Waals surface area contributed by atoms with Gasteiger partial charge in [0.1, 0.15) is 11.6 Å². The molecule has 2 nitrogen and oxygen atoms in total. The lowest BCUT2D eigenvalue weighted by atomic mass is 10.3. The maximum Gasteiger partial charge on any atom is 0.166 e. The first kappa shape index (κ1) is 10.2. The average Bonchev–Trinajstić information content (AvgIpc) is 2.56. The highest BCUT2D eigenvalue weighted by molar-refractivity contribution is 8.17. The molecule has 15 heavy (non-hydrogen) atoms. The van der Waals surface area contributed by atoms with Gasteiger partial charge in [-0.3, -0.25) is 4.99 Å². The minimum atomic E-state index is -0.629. The monoisotopic (exact) mass is 226 g/mol. The number of anilines is 1. The standard InChI is InChI=1S/C10H8F2N2S/c1-6-5-13-10(15-6)14-9-3-2-7(11)4-8(9)12/h2-4H,1,5H2,(H,13,14). The molecule has 0 fully saturated rings. The van der Waals surface area contributed by atoms with Crippen LogP contribution < -0.4 is 5.32 Å². The van der Waals surface area contributed by atoms with Gasteiger partial charge in [0.05, 0.1) is 12.2 Å². The van der Waals surface area contributed by atoms with Crippen molar-refractivity contribution < 1.29 is 8.78 Å². The SMILES string of the molecule is C=C1CN=C(Nc2ccc(F)cc2F)S1. The van der Waals surface area contributed by atoms with Crippen LogP contribution in [0, 0.1) is 11.6 Å². The van der Waals surface area contributed by atoms with E-state index in [2.05, 4.69) is 16.9 Å². The number of halogens is 2. The number of amidine groups is 1. The molecule has 0 amide bonds. The molecule has 1 aliphatic rings. The van der Waals surface area contributed by atoms with Crippen LogP contribution in [0.2, 0.25) is 0 Å². The van der Waals surface area contributed by atoms with E-state index in [0.717, 1.165) is 11.0 Å². The number of aliphatic imine (C=N–C) groups is 1. The fraction of sp³-hybridized carbons (Fsp3) is 0.100. The predicted molar refractivity (Wildman–Crippen MR) is 59.0 cm³/mol. The van der Waals surface area contributed by atoms with Crippen molar-refractivity contribution >= 4 is 22.6 Å². The van der Waals surface area contributed by atoms with E-state index in [0.29, 0.717) is 11.7 Å². The summed E-state index contributed by atoms with van der Waals surface area (Å²) in [5.74, 6) is -1.22. The maximum absolute atomic E-state index is 13.2. The molecule has 1 aromatic carbocycles. The summed E-state index contributed by atoms with van der Waals surface area (Å²) in [6, 6.07) is 3.37. The number of nitrogens with one attached hydrogen (secondary N) is 1. The third-order valence-corrected chi connectivity index (χ3v) is 2.66. The molecule has 0 bridgehead atoms. The number of hydrogen-bond acceptors (Lipinski definition) is 3. The smallest absolute Gasteiger partial charge is 0.166 e. The van der Waals surface area contributed by atoms with E-state index in [9.17, 15) is 8.78 Å². The first-order chi connectivity index (χ1) is 7.15. The number of thioether (sulfide) groups is 1. The highest BCUT2D eigenvalue weighted by Gasteiger charge is 2.12. The van der Waals surface area contributed by atoms with Gasteiger partial charge in [-0.05, 0) is 12.1 Å². The lowest BCUT2D eigenvalue weighted by molar-refractivity contribution is 0.586. The van der Waals surface area contributed by atoms with E-state index in [1.165, 1.54) is 23.9 Å². The fourth-order valence-electron chi connectivity index (χ4n) is 1.13. The topological polar surface area (TPSA) is 24.4 Å². The van der Waals surface area contributed by atoms with Crippen LogP contribution in [-0.4, -0.2) is 11.7 Å². The zero-order chi connectivity index (χ0) is 10.8. The summed E-state index contributed by atoms with van der Waals surface area (Å²) >= 11 is 1.36. The molecule has 1 aromatic rings. The quantitative estimate of drug-likeness (QED) is 0.796. The van der Waals surface area contributed by atoms with Gasteiger partial charge in [0, 0.05) is 11.0 Å². The highest BCUT2D eigenvalue weighted by atomic mass is 32.2. The summed E-state index contributed by atoms with van der Waals surface area (Å²) in [5, 5.41) is 3.37. The molecule has 1 N–H and O–H groups in total. The molecule has 0 unspecified atom stereocenters. The van der Waals surface area contributed by atoms with Crippen molar-refractivity contribution in [1.82, 2.24) is 0 Å². The first-order valence-corrected chi connectivity index (χ1v) is 5.09. The summed E-state index contributed by atoms with van der Waals surface area (Å²) < 4.78 is 25.8. The molecule has 0 radical (unpaired) electrons. The van der Waals surface area contributed by atoms with Crippen LogP contribution in [0.5, 0.6) is 0 Å². The van der Waals surface area contributed by atoms with Gasteiger partial charge in [-0.1, -0.05) is 18.3 Å². The summed E-state index contributed by atoms with van der Waals surface area (Å²) in [4.78, 5) is 4.99. The zero-order valence-electron chi connectivity index (χ0n) is 7.76. The molecule has 0 spiro atoms. The Morgan fingerprint density at radius 1 is 1.40 bits per heavy atom. The van der Waals surface area contributed by atoms with E-state index < -0.39 is 11.6 Å². The Hall–Kier alpha value is -1.36. The van der Waals surface area contributed by atoms with Crippen LogP contribution in [0.15, 0.2) is 34.7 Å². The lowest BCUT2D eigenvalue weighted by Gasteiger charge is -2.05. The van der Waals surface area contributed by atoms with Crippen molar-refractivity contribution in [3.63, 3.8) is 0 Å². The van der Waals surface area contributed by atoms with Crippen molar-refractivity contribution in [2.75, 3.05) is 11.9 Å². The van der Waals surface area contributed by atoms with Crippen molar-refractivity contribution in [2.24, 2.45) is 4.99 Å². The maximum atomic E-state index is 13.2. The number of hydrogen-bond donors (Lipinski definition) is 1. The summed E-state index contributed by atoms with van der Waals surface area (Å²) in [6.07, 6.45) is 0. The van der Waals surface area contributed by atoms with Crippen LogP contribution in [-0.2, 0) is 0 Å². The molecule has 2 rings (SSSR count). The highest BCUT2D eigenvalue weighted by Crippen LogP contribution is 2.25. The summed E-state index contributed by atoms with van der Waals surface area (Å²) in [6.45, 7) is 4.27. The summed E-state index contributed by atoms with van der Waals surface area (Å²) in [5.41, 5.74) is 0.220. The Kier molecular flexibility index (Phi) is 2.73. The summed E-state index contributed by atoms with van der Waals surface area (Å²) in [7, 11) is 0. The molecule has 0 saturated carbocycles. The van der Waals surface area contributed by atoms with Crippen LogP contribution in [0.3, 0.4) is 0 Å². The fourth-order valence-corrected chi connectivity index (χ4v) is 1.82. The second-order valence-corrected chi connectivity index (χ2v) is 4.18. The molecule has 5 heteroatoms. The van der Waals surface area contributed by atoms with Gasteiger partial charge in [-0.15, -0.1) is 0 Å². The Morgan fingerprint density at radius 3 is 2.80 bits per heavy atom. The van der Waals surface area contributed by atoms with Crippen LogP contribution in [0.1, 0.15) is 0 Å². The second-order valence-electron chi connectivity index (χ2n) is 3.01. The Labute approximate surface area is 90.1 Å². The van der Waals surface area contributed by atoms with E-state index in [4.69, 9.17) is 0 Å². The van der Waals surface area contributed by atoms with Gasteiger partial charge in [0.25, 0.3) is 0 Å². The van der Waals surface area contributed by atoms with Crippen LogP contribution >= 0.6 is 11.8 Å². The minimum Gasteiger partial charge on any atom is -0.332 e. The van der Waals surface area contributed by atoms with Crippen molar-refractivity contribution in [3.8, 4) is 0 Å². The largest absolute Gasteiger partial charge is 0.332 e. The molecule has 1 aliphatic heterocycles. The number of nitrogens with zero attached hydrogens (tertiary/aromatic N) is 1. The van der Waals surface area contributed by atoms with Crippen LogP contribution in [0.25, 0.3) is 0 Å². The van der Waals surface area contributed by atoms with E-state index in [-0.39, 0.29) is 5.69 Å². The first-order valence-electron chi connectivity index (χ1n) is 4.27. The van der Waals surface area contributed by atoms with Crippen LogP contribution in [0.4, 0.5) is 14.5 Å². The third-order valence-electron chi connectivity index (χ3n) is 1.81. The Bertz CT molecular complexity index is 443.